The van der Waals surface area contributed by atoms with Crippen molar-refractivity contribution in [3.8, 4) is 0 Å². The highest BCUT2D eigenvalue weighted by molar-refractivity contribution is 5.99. The number of ketones is 1. The van der Waals surface area contributed by atoms with E-state index < -0.39 is 0 Å². The zero-order valence-corrected chi connectivity index (χ0v) is 6.79. The summed E-state index contributed by atoms with van der Waals surface area (Å²) in [5.74, 6) is 0.519. The Morgan fingerprint density at radius 1 is 1.30 bits per heavy atom. The van der Waals surface area contributed by atoms with E-state index in [0.29, 0.717) is 5.92 Å². The highest BCUT2D eigenvalue weighted by atomic mass is 16.1. The highest BCUT2D eigenvalue weighted by Gasteiger charge is 1.87. The van der Waals surface area contributed by atoms with Crippen molar-refractivity contribution in [2.75, 3.05) is 0 Å². The van der Waals surface area contributed by atoms with Gasteiger partial charge < -0.3 is 0 Å². The molecule has 0 aliphatic heterocycles. The molecule has 0 fully saturated rings. The second-order valence-electron chi connectivity index (χ2n) is 2.51. The maximum Gasteiger partial charge on any atom is 0.177 e. The van der Waals surface area contributed by atoms with Gasteiger partial charge in [-0.1, -0.05) is 26.0 Å². The van der Waals surface area contributed by atoms with Crippen LogP contribution in [0.4, 0.5) is 0 Å². The molecule has 0 radical (unpaired) electrons. The Labute approximate surface area is 62.4 Å². The van der Waals surface area contributed by atoms with Gasteiger partial charge in [-0.2, -0.15) is 0 Å². The average molecular weight is 138 g/mol. The van der Waals surface area contributed by atoms with Crippen molar-refractivity contribution in [2.24, 2.45) is 5.92 Å². The molecule has 1 nitrogen and oxygen atoms in total. The fourth-order valence-electron chi connectivity index (χ4n) is 0.507. The Kier molecular flexibility index (Phi) is 4.55. The van der Waals surface area contributed by atoms with Crippen LogP contribution in [0.3, 0.4) is 0 Å². The zero-order chi connectivity index (χ0) is 7.98. The molecule has 1 heteroatoms. The molecule has 0 saturated heterocycles. The van der Waals surface area contributed by atoms with Crippen LogP contribution >= 0.6 is 0 Å². The molecule has 0 atom stereocenters. The van der Waals surface area contributed by atoms with E-state index in [1.54, 1.807) is 18.2 Å². The van der Waals surface area contributed by atoms with E-state index in [9.17, 15) is 4.79 Å². The Morgan fingerprint density at radius 3 is 2.30 bits per heavy atom. The van der Waals surface area contributed by atoms with Crippen molar-refractivity contribution in [3.63, 3.8) is 0 Å². The quantitative estimate of drug-likeness (QED) is 0.547. The van der Waals surface area contributed by atoms with Crippen LogP contribution in [-0.4, -0.2) is 5.78 Å². The third-order valence-electron chi connectivity index (χ3n) is 0.976. The van der Waals surface area contributed by atoms with Gasteiger partial charge in [-0.25, -0.2) is 0 Å². The molecule has 0 aromatic heterocycles. The Hall–Kier alpha value is -0.850. The minimum Gasteiger partial charge on any atom is -0.290 e. The number of carbonyl (C=O) groups is 1. The number of hydrogen-bond donors (Lipinski definition) is 0. The number of carbonyl (C=O) groups excluding carboxylic acids is 1. The van der Waals surface area contributed by atoms with Crippen molar-refractivity contribution in [2.45, 2.75) is 20.8 Å². The summed E-state index contributed by atoms with van der Waals surface area (Å²) in [6.07, 6.45) is 6.79. The van der Waals surface area contributed by atoms with Gasteiger partial charge in [0.15, 0.2) is 5.78 Å². The van der Waals surface area contributed by atoms with Crippen LogP contribution in [0.25, 0.3) is 0 Å². The first-order valence-electron chi connectivity index (χ1n) is 3.51. The van der Waals surface area contributed by atoms with Gasteiger partial charge in [0, 0.05) is 0 Å². The molecule has 56 valence electrons. The molecule has 0 saturated carbocycles. The number of rotatable bonds is 3. The van der Waals surface area contributed by atoms with Gasteiger partial charge in [-0.05, 0) is 25.0 Å². The van der Waals surface area contributed by atoms with E-state index in [-0.39, 0.29) is 5.78 Å². The van der Waals surface area contributed by atoms with Gasteiger partial charge in [0.1, 0.15) is 0 Å². The van der Waals surface area contributed by atoms with Crippen molar-refractivity contribution >= 4 is 5.78 Å². The molecular formula is C9H14O. The molecule has 0 aromatic rings. The van der Waals surface area contributed by atoms with E-state index in [0.717, 1.165) is 0 Å². The topological polar surface area (TPSA) is 17.1 Å². The van der Waals surface area contributed by atoms with E-state index in [2.05, 4.69) is 0 Å². The van der Waals surface area contributed by atoms with Gasteiger partial charge in [-0.3, -0.25) is 4.79 Å². The van der Waals surface area contributed by atoms with Crippen molar-refractivity contribution < 1.29 is 4.79 Å². The molecule has 0 aliphatic carbocycles. The summed E-state index contributed by atoms with van der Waals surface area (Å²) < 4.78 is 0. The van der Waals surface area contributed by atoms with Crippen LogP contribution in [0.2, 0.25) is 0 Å². The van der Waals surface area contributed by atoms with Crippen LogP contribution in [0.5, 0.6) is 0 Å². The van der Waals surface area contributed by atoms with Gasteiger partial charge in [0.2, 0.25) is 0 Å². The third kappa shape index (κ3) is 5.29. The first-order chi connectivity index (χ1) is 4.66. The van der Waals surface area contributed by atoms with Crippen molar-refractivity contribution in [1.82, 2.24) is 0 Å². The molecular weight excluding hydrogens is 124 g/mol. The van der Waals surface area contributed by atoms with Crippen LogP contribution in [0, 0.1) is 5.92 Å². The second-order valence-corrected chi connectivity index (χ2v) is 2.51. The van der Waals surface area contributed by atoms with Gasteiger partial charge in [0.25, 0.3) is 0 Å². The van der Waals surface area contributed by atoms with Gasteiger partial charge in [0.05, 0.1) is 0 Å². The first kappa shape index (κ1) is 9.15. The van der Waals surface area contributed by atoms with E-state index >= 15 is 0 Å². The molecule has 0 aromatic carbocycles. The standard InChI is InChI=1S/C9H14O/c1-4-5-9(10)7-6-8(2)3/h4-8H,1-3H3/b5-4?,7-6-. The summed E-state index contributed by atoms with van der Waals surface area (Å²) in [6, 6.07) is 0. The van der Waals surface area contributed by atoms with E-state index in [4.69, 9.17) is 0 Å². The lowest BCUT2D eigenvalue weighted by atomic mass is 10.2. The normalized spacial score (nSPS) is 12.0. The van der Waals surface area contributed by atoms with E-state index in [1.807, 2.05) is 26.8 Å². The highest BCUT2D eigenvalue weighted by Crippen LogP contribution is 1.93. The average Bonchev–Trinajstić information content (AvgIpc) is 1.85. The Bertz CT molecular complexity index is 152. The zero-order valence-electron chi connectivity index (χ0n) is 6.79. The van der Waals surface area contributed by atoms with Gasteiger partial charge >= 0.3 is 0 Å². The van der Waals surface area contributed by atoms with E-state index in [1.165, 1.54) is 0 Å². The summed E-state index contributed by atoms with van der Waals surface area (Å²) >= 11 is 0. The maximum atomic E-state index is 10.8. The first-order valence-corrected chi connectivity index (χ1v) is 3.51. The molecule has 0 heterocycles. The molecule has 0 aliphatic rings. The lowest BCUT2D eigenvalue weighted by Gasteiger charge is -1.89. The van der Waals surface area contributed by atoms with Crippen LogP contribution < -0.4 is 0 Å². The van der Waals surface area contributed by atoms with Crippen LogP contribution in [0.15, 0.2) is 24.3 Å². The molecule has 0 N–H and O–H groups in total. The number of allylic oxidation sites excluding steroid dienone is 4. The minimum absolute atomic E-state index is 0.0659. The van der Waals surface area contributed by atoms with Crippen molar-refractivity contribution in [3.05, 3.63) is 24.3 Å². The molecule has 0 rings (SSSR count). The third-order valence-corrected chi connectivity index (χ3v) is 0.976. The van der Waals surface area contributed by atoms with Crippen LogP contribution in [0.1, 0.15) is 20.8 Å². The van der Waals surface area contributed by atoms with Crippen molar-refractivity contribution in [1.29, 1.82) is 0 Å². The Morgan fingerprint density at radius 2 is 1.90 bits per heavy atom. The SMILES string of the molecule is CC=CC(=O)/C=C\C(C)C. The second kappa shape index (κ2) is 4.98. The molecule has 0 spiro atoms. The molecule has 10 heavy (non-hydrogen) atoms. The predicted molar refractivity (Wildman–Crippen MR) is 43.8 cm³/mol. The summed E-state index contributed by atoms with van der Waals surface area (Å²) in [6.45, 7) is 5.92. The smallest absolute Gasteiger partial charge is 0.177 e. The lowest BCUT2D eigenvalue weighted by Crippen LogP contribution is -1.86. The number of hydrogen-bond acceptors (Lipinski definition) is 1. The minimum atomic E-state index is 0.0659. The monoisotopic (exact) mass is 138 g/mol. The molecule has 0 unspecified atom stereocenters. The fourth-order valence-corrected chi connectivity index (χ4v) is 0.507. The summed E-state index contributed by atoms with van der Waals surface area (Å²) in [5.41, 5.74) is 0. The summed E-state index contributed by atoms with van der Waals surface area (Å²) in [7, 11) is 0. The van der Waals surface area contributed by atoms with Crippen LogP contribution in [-0.2, 0) is 4.79 Å². The predicted octanol–water partition coefficient (Wildman–Crippen LogP) is 2.34. The Balaban J connectivity index is 3.78. The maximum absolute atomic E-state index is 10.8. The summed E-state index contributed by atoms with van der Waals surface area (Å²) in [5, 5.41) is 0. The largest absolute Gasteiger partial charge is 0.290 e. The molecule has 0 amide bonds. The lowest BCUT2D eigenvalue weighted by molar-refractivity contribution is -0.110. The van der Waals surface area contributed by atoms with Gasteiger partial charge in [-0.15, -0.1) is 0 Å². The molecule has 0 bridgehead atoms. The fraction of sp³-hybridized carbons (Fsp3) is 0.444. The summed E-state index contributed by atoms with van der Waals surface area (Å²) in [4.78, 5) is 10.8.